The Labute approximate surface area is 155 Å². The van der Waals surface area contributed by atoms with Gasteiger partial charge in [-0.1, -0.05) is 24.2 Å². The molecule has 0 N–H and O–H groups in total. The van der Waals surface area contributed by atoms with Gasteiger partial charge in [0.25, 0.3) is 5.91 Å². The lowest BCUT2D eigenvalue weighted by atomic mass is 9.88. The SMILES string of the molecule is Cc1ccc(C)c(N2CCN(C(=O)c3noc4c3C[C@H](C)CC4)CC2)c1. The Bertz CT molecular complexity index is 819. The summed E-state index contributed by atoms with van der Waals surface area (Å²) in [5.41, 5.74) is 5.43. The van der Waals surface area contributed by atoms with Gasteiger partial charge in [0.2, 0.25) is 0 Å². The topological polar surface area (TPSA) is 49.6 Å². The van der Waals surface area contributed by atoms with Gasteiger partial charge in [-0.15, -0.1) is 0 Å². The summed E-state index contributed by atoms with van der Waals surface area (Å²) in [4.78, 5) is 17.3. The van der Waals surface area contributed by atoms with Crippen LogP contribution in [0.5, 0.6) is 0 Å². The molecular weight excluding hydrogens is 326 g/mol. The third kappa shape index (κ3) is 3.11. The third-order valence-corrected chi connectivity index (χ3v) is 5.76. The van der Waals surface area contributed by atoms with Crippen LogP contribution < -0.4 is 4.90 Å². The molecule has 4 rings (SSSR count). The number of carbonyl (C=O) groups is 1. The molecule has 0 saturated carbocycles. The average molecular weight is 353 g/mol. The zero-order valence-electron chi connectivity index (χ0n) is 15.9. The van der Waals surface area contributed by atoms with E-state index in [9.17, 15) is 4.79 Å². The number of aromatic nitrogens is 1. The number of aryl methyl sites for hydroxylation is 3. The summed E-state index contributed by atoms with van der Waals surface area (Å²) in [6.07, 6.45) is 2.92. The van der Waals surface area contributed by atoms with Gasteiger partial charge in [0.05, 0.1) is 0 Å². The molecule has 1 aromatic carbocycles. The molecule has 1 saturated heterocycles. The second kappa shape index (κ2) is 6.78. The lowest BCUT2D eigenvalue weighted by Crippen LogP contribution is -2.49. The first kappa shape index (κ1) is 17.1. The molecule has 5 heteroatoms. The van der Waals surface area contributed by atoms with Gasteiger partial charge in [0.15, 0.2) is 5.69 Å². The van der Waals surface area contributed by atoms with Crippen LogP contribution in [-0.4, -0.2) is 42.1 Å². The highest BCUT2D eigenvalue weighted by Gasteiger charge is 2.31. The van der Waals surface area contributed by atoms with Gasteiger partial charge in [0.1, 0.15) is 5.76 Å². The number of carbonyl (C=O) groups excluding carboxylic acids is 1. The monoisotopic (exact) mass is 353 g/mol. The van der Waals surface area contributed by atoms with Crippen LogP contribution >= 0.6 is 0 Å². The molecule has 1 fully saturated rings. The van der Waals surface area contributed by atoms with Gasteiger partial charge in [-0.05, 0) is 49.8 Å². The largest absolute Gasteiger partial charge is 0.368 e. The summed E-state index contributed by atoms with van der Waals surface area (Å²) >= 11 is 0. The Morgan fingerprint density at radius 1 is 1.19 bits per heavy atom. The van der Waals surface area contributed by atoms with Gasteiger partial charge < -0.3 is 14.3 Å². The van der Waals surface area contributed by atoms with Gasteiger partial charge in [-0.2, -0.15) is 0 Å². The highest BCUT2D eigenvalue weighted by molar-refractivity contribution is 5.94. The van der Waals surface area contributed by atoms with Crippen LogP contribution in [-0.2, 0) is 12.8 Å². The number of fused-ring (bicyclic) bond motifs is 1. The Balaban J connectivity index is 1.46. The molecular formula is C21H27N3O2. The number of anilines is 1. The molecule has 1 amide bonds. The van der Waals surface area contributed by atoms with E-state index in [1.807, 2.05) is 4.90 Å². The minimum absolute atomic E-state index is 0.0321. The lowest BCUT2D eigenvalue weighted by molar-refractivity contribution is 0.0735. The number of hydrogen-bond donors (Lipinski definition) is 0. The predicted octanol–water partition coefficient (Wildman–Crippen LogP) is 3.38. The second-order valence-electron chi connectivity index (χ2n) is 7.85. The van der Waals surface area contributed by atoms with Crippen molar-refractivity contribution in [3.63, 3.8) is 0 Å². The fourth-order valence-corrected chi connectivity index (χ4v) is 4.11. The van der Waals surface area contributed by atoms with E-state index in [1.54, 1.807) is 0 Å². The van der Waals surface area contributed by atoms with Gasteiger partial charge in [-0.25, -0.2) is 0 Å². The number of benzene rings is 1. The normalized spacial score (nSPS) is 20.2. The molecule has 2 heterocycles. The molecule has 5 nitrogen and oxygen atoms in total. The Morgan fingerprint density at radius 2 is 1.96 bits per heavy atom. The van der Waals surface area contributed by atoms with Crippen molar-refractivity contribution in [1.29, 1.82) is 0 Å². The first-order chi connectivity index (χ1) is 12.5. The van der Waals surface area contributed by atoms with Gasteiger partial charge >= 0.3 is 0 Å². The minimum Gasteiger partial charge on any atom is -0.368 e. The molecule has 1 aliphatic heterocycles. The second-order valence-corrected chi connectivity index (χ2v) is 7.85. The number of nitrogens with zero attached hydrogens (tertiary/aromatic N) is 3. The lowest BCUT2D eigenvalue weighted by Gasteiger charge is -2.36. The zero-order valence-corrected chi connectivity index (χ0v) is 15.9. The van der Waals surface area contributed by atoms with E-state index >= 15 is 0 Å². The number of hydrogen-bond acceptors (Lipinski definition) is 4. The van der Waals surface area contributed by atoms with Crippen LogP contribution in [0.4, 0.5) is 5.69 Å². The van der Waals surface area contributed by atoms with Crippen LogP contribution in [0.15, 0.2) is 22.7 Å². The molecule has 1 aliphatic carbocycles. The summed E-state index contributed by atoms with van der Waals surface area (Å²) in [5.74, 6) is 1.54. The fraction of sp³-hybridized carbons (Fsp3) is 0.524. The van der Waals surface area contributed by atoms with Crippen molar-refractivity contribution in [2.24, 2.45) is 5.92 Å². The molecule has 0 bridgehead atoms. The van der Waals surface area contributed by atoms with E-state index < -0.39 is 0 Å². The summed E-state index contributed by atoms with van der Waals surface area (Å²) in [5, 5.41) is 4.13. The Morgan fingerprint density at radius 3 is 2.73 bits per heavy atom. The number of piperazine rings is 1. The number of amides is 1. The quantitative estimate of drug-likeness (QED) is 0.830. The smallest absolute Gasteiger partial charge is 0.276 e. The van der Waals surface area contributed by atoms with Crippen LogP contribution in [0, 0.1) is 19.8 Å². The van der Waals surface area contributed by atoms with Crippen molar-refractivity contribution >= 4 is 11.6 Å². The summed E-state index contributed by atoms with van der Waals surface area (Å²) in [6.45, 7) is 9.66. The molecule has 2 aromatic rings. The molecule has 1 aromatic heterocycles. The standard InChI is InChI=1S/C21H27N3O2/c1-14-5-7-19-17(12-14)20(22-26-19)21(25)24-10-8-23(9-11-24)18-13-15(2)4-6-16(18)3/h4,6,13-14H,5,7-12H2,1-3H3/t14-/m1/s1. The maximum Gasteiger partial charge on any atom is 0.276 e. The van der Waals surface area contributed by atoms with E-state index in [2.05, 4.69) is 49.0 Å². The molecule has 0 spiro atoms. The highest BCUT2D eigenvalue weighted by atomic mass is 16.5. The maximum atomic E-state index is 13.0. The first-order valence-electron chi connectivity index (χ1n) is 9.62. The first-order valence-corrected chi connectivity index (χ1v) is 9.62. The van der Waals surface area contributed by atoms with Crippen LogP contribution in [0.25, 0.3) is 0 Å². The molecule has 0 unspecified atom stereocenters. The van der Waals surface area contributed by atoms with E-state index in [0.717, 1.165) is 56.8 Å². The van der Waals surface area contributed by atoms with Crippen molar-refractivity contribution in [2.45, 2.75) is 40.0 Å². The maximum absolute atomic E-state index is 13.0. The van der Waals surface area contributed by atoms with Gasteiger partial charge in [0, 0.05) is 43.9 Å². The van der Waals surface area contributed by atoms with Crippen LogP contribution in [0.3, 0.4) is 0 Å². The van der Waals surface area contributed by atoms with Gasteiger partial charge in [-0.3, -0.25) is 4.79 Å². The molecule has 26 heavy (non-hydrogen) atoms. The van der Waals surface area contributed by atoms with Crippen LogP contribution in [0.2, 0.25) is 0 Å². The fourth-order valence-electron chi connectivity index (χ4n) is 4.11. The van der Waals surface area contributed by atoms with Crippen molar-refractivity contribution in [3.05, 3.63) is 46.3 Å². The average Bonchev–Trinajstić information content (AvgIpc) is 3.06. The van der Waals surface area contributed by atoms with E-state index in [0.29, 0.717) is 11.6 Å². The highest BCUT2D eigenvalue weighted by Crippen LogP contribution is 2.29. The minimum atomic E-state index is 0.0321. The zero-order chi connectivity index (χ0) is 18.3. The molecule has 1 atom stereocenters. The Kier molecular flexibility index (Phi) is 4.47. The van der Waals surface area contributed by atoms with Crippen molar-refractivity contribution < 1.29 is 9.32 Å². The van der Waals surface area contributed by atoms with Crippen molar-refractivity contribution in [1.82, 2.24) is 10.1 Å². The van der Waals surface area contributed by atoms with Crippen molar-refractivity contribution in [3.8, 4) is 0 Å². The number of rotatable bonds is 2. The molecule has 2 aliphatic rings. The summed E-state index contributed by atoms with van der Waals surface area (Å²) < 4.78 is 5.46. The summed E-state index contributed by atoms with van der Waals surface area (Å²) in [6, 6.07) is 6.56. The van der Waals surface area contributed by atoms with Crippen LogP contribution in [0.1, 0.15) is 46.3 Å². The van der Waals surface area contributed by atoms with E-state index in [1.165, 1.54) is 16.8 Å². The van der Waals surface area contributed by atoms with E-state index in [-0.39, 0.29) is 5.91 Å². The Hall–Kier alpha value is -2.30. The van der Waals surface area contributed by atoms with Crippen molar-refractivity contribution in [2.75, 3.05) is 31.1 Å². The molecule has 0 radical (unpaired) electrons. The summed E-state index contributed by atoms with van der Waals surface area (Å²) in [7, 11) is 0. The predicted molar refractivity (Wildman–Crippen MR) is 102 cm³/mol. The molecule has 138 valence electrons. The third-order valence-electron chi connectivity index (χ3n) is 5.76. The van der Waals surface area contributed by atoms with E-state index in [4.69, 9.17) is 4.52 Å².